The lowest BCUT2D eigenvalue weighted by Gasteiger charge is -2.30. The van der Waals surface area contributed by atoms with Crippen LogP contribution in [0.4, 0.5) is 0 Å². The van der Waals surface area contributed by atoms with Crippen LogP contribution < -0.4 is 4.74 Å². The largest absolute Gasteiger partial charge is 0.497 e. The van der Waals surface area contributed by atoms with Crippen LogP contribution in [0.15, 0.2) is 59.8 Å². The van der Waals surface area contributed by atoms with Crippen molar-refractivity contribution in [2.24, 2.45) is 0 Å². The highest BCUT2D eigenvalue weighted by atomic mass is 32.2. The fourth-order valence-corrected chi connectivity index (χ4v) is 4.32. The fraction of sp³-hybridized carbons (Fsp3) is 0.348. The number of carbonyl (C=O) groups is 1. The first-order chi connectivity index (χ1) is 14.4. The summed E-state index contributed by atoms with van der Waals surface area (Å²) in [4.78, 5) is 14.7. The van der Waals surface area contributed by atoms with Crippen LogP contribution >= 0.6 is 11.8 Å². The second-order valence-electron chi connectivity index (χ2n) is 7.49. The summed E-state index contributed by atoms with van der Waals surface area (Å²) < 4.78 is 7.35. The zero-order valence-electron chi connectivity index (χ0n) is 18.1. The van der Waals surface area contributed by atoms with E-state index < -0.39 is 0 Å². The minimum absolute atomic E-state index is 0.0931. The molecule has 6 nitrogen and oxygen atoms in total. The van der Waals surface area contributed by atoms with Gasteiger partial charge in [-0.05, 0) is 52.0 Å². The summed E-state index contributed by atoms with van der Waals surface area (Å²) in [7, 11) is 1.64. The lowest BCUT2D eigenvalue weighted by molar-refractivity contribution is -0.131. The molecule has 1 aromatic heterocycles. The van der Waals surface area contributed by atoms with Crippen molar-refractivity contribution < 1.29 is 9.53 Å². The number of ether oxygens (including phenoxy) is 1. The van der Waals surface area contributed by atoms with Crippen molar-refractivity contribution in [2.75, 3.05) is 12.9 Å². The Labute approximate surface area is 182 Å². The van der Waals surface area contributed by atoms with Gasteiger partial charge in [0.1, 0.15) is 5.75 Å². The average Bonchev–Trinajstić information content (AvgIpc) is 3.16. The molecule has 158 valence electrons. The second-order valence-corrected chi connectivity index (χ2v) is 8.43. The molecule has 0 radical (unpaired) electrons. The molecule has 0 saturated heterocycles. The van der Waals surface area contributed by atoms with Crippen molar-refractivity contribution in [2.45, 2.75) is 44.9 Å². The predicted molar refractivity (Wildman–Crippen MR) is 121 cm³/mol. The number of hydrogen-bond donors (Lipinski definition) is 0. The van der Waals surface area contributed by atoms with E-state index >= 15 is 0 Å². The third-order valence-corrected chi connectivity index (χ3v) is 5.61. The number of carbonyl (C=O) groups excluding carboxylic acids is 1. The summed E-state index contributed by atoms with van der Waals surface area (Å²) in [6.45, 7) is 8.15. The molecule has 1 amide bonds. The minimum atomic E-state index is 0.0931. The van der Waals surface area contributed by atoms with Crippen LogP contribution in [-0.2, 0) is 4.79 Å². The monoisotopic (exact) mass is 424 g/mol. The summed E-state index contributed by atoms with van der Waals surface area (Å²) in [6.07, 6.45) is 0. The maximum Gasteiger partial charge on any atom is 0.233 e. The minimum Gasteiger partial charge on any atom is -0.497 e. The van der Waals surface area contributed by atoms with Gasteiger partial charge in [-0.15, -0.1) is 10.2 Å². The van der Waals surface area contributed by atoms with Gasteiger partial charge in [0.05, 0.1) is 12.9 Å². The number of aromatic nitrogens is 3. The number of hydrogen-bond acceptors (Lipinski definition) is 5. The van der Waals surface area contributed by atoms with E-state index in [4.69, 9.17) is 4.74 Å². The number of rotatable bonds is 8. The number of benzene rings is 2. The Bertz CT molecular complexity index is 978. The molecule has 7 heteroatoms. The lowest BCUT2D eigenvalue weighted by Crippen LogP contribution is -2.43. The maximum absolute atomic E-state index is 12.8. The molecule has 0 unspecified atom stereocenters. The first-order valence-corrected chi connectivity index (χ1v) is 11.0. The summed E-state index contributed by atoms with van der Waals surface area (Å²) in [6, 6.07) is 18.0. The predicted octanol–water partition coefficient (Wildman–Crippen LogP) is 4.68. The van der Waals surface area contributed by atoms with E-state index in [0.717, 1.165) is 17.0 Å². The van der Waals surface area contributed by atoms with Crippen molar-refractivity contribution in [3.8, 4) is 22.8 Å². The molecule has 30 heavy (non-hydrogen) atoms. The first-order valence-electron chi connectivity index (χ1n) is 10.0. The maximum atomic E-state index is 12.8. The van der Waals surface area contributed by atoms with Crippen molar-refractivity contribution in [3.63, 3.8) is 0 Å². The SMILES string of the molecule is COc1cccc(-c2nnc(SCC(=O)N(C(C)C)C(C)C)n2-c2ccccc2)c1. The molecule has 0 N–H and O–H groups in total. The van der Waals surface area contributed by atoms with Gasteiger partial charge in [-0.25, -0.2) is 0 Å². The molecule has 0 aliphatic heterocycles. The number of methoxy groups -OCH3 is 1. The van der Waals surface area contributed by atoms with Crippen molar-refractivity contribution >= 4 is 17.7 Å². The van der Waals surface area contributed by atoms with E-state index in [1.54, 1.807) is 7.11 Å². The quantitative estimate of drug-likeness (QED) is 0.491. The van der Waals surface area contributed by atoms with Gasteiger partial charge in [0.25, 0.3) is 0 Å². The normalized spacial score (nSPS) is 11.2. The van der Waals surface area contributed by atoms with E-state index in [-0.39, 0.29) is 18.0 Å². The zero-order chi connectivity index (χ0) is 21.7. The van der Waals surface area contributed by atoms with Crippen LogP contribution in [0.1, 0.15) is 27.7 Å². The van der Waals surface area contributed by atoms with Gasteiger partial charge in [-0.1, -0.05) is 42.1 Å². The number of thioether (sulfide) groups is 1. The Morgan fingerprint density at radius 3 is 2.37 bits per heavy atom. The molecule has 0 spiro atoms. The molecule has 0 bridgehead atoms. The zero-order valence-corrected chi connectivity index (χ0v) is 18.9. The van der Waals surface area contributed by atoms with Crippen molar-refractivity contribution in [3.05, 3.63) is 54.6 Å². The molecule has 2 aromatic carbocycles. The smallest absolute Gasteiger partial charge is 0.233 e. The van der Waals surface area contributed by atoms with Gasteiger partial charge < -0.3 is 9.64 Å². The summed E-state index contributed by atoms with van der Waals surface area (Å²) in [5.74, 6) is 1.86. The number of amides is 1. The van der Waals surface area contributed by atoms with Crippen LogP contribution in [0.5, 0.6) is 5.75 Å². The van der Waals surface area contributed by atoms with E-state index in [2.05, 4.69) is 10.2 Å². The fourth-order valence-electron chi connectivity index (χ4n) is 3.50. The third kappa shape index (κ3) is 4.84. The van der Waals surface area contributed by atoms with Crippen LogP contribution in [-0.4, -0.2) is 50.5 Å². The third-order valence-electron chi connectivity index (χ3n) is 4.70. The summed E-state index contributed by atoms with van der Waals surface area (Å²) in [5.41, 5.74) is 1.84. The van der Waals surface area contributed by atoms with Crippen molar-refractivity contribution in [1.82, 2.24) is 19.7 Å². The highest BCUT2D eigenvalue weighted by Crippen LogP contribution is 2.30. The summed E-state index contributed by atoms with van der Waals surface area (Å²) in [5, 5.41) is 9.53. The first kappa shape index (κ1) is 21.9. The van der Waals surface area contributed by atoms with Gasteiger partial charge in [-0.3, -0.25) is 9.36 Å². The molecule has 1 heterocycles. The second kappa shape index (κ2) is 9.80. The van der Waals surface area contributed by atoms with Crippen molar-refractivity contribution in [1.29, 1.82) is 0 Å². The van der Waals surface area contributed by atoms with Gasteiger partial charge in [0.2, 0.25) is 5.91 Å². The molecule has 0 aliphatic rings. The number of nitrogens with zero attached hydrogens (tertiary/aromatic N) is 4. The average molecular weight is 425 g/mol. The Morgan fingerprint density at radius 2 is 1.73 bits per heavy atom. The van der Waals surface area contributed by atoms with Gasteiger partial charge in [0, 0.05) is 23.3 Å². The molecule has 0 aliphatic carbocycles. The van der Waals surface area contributed by atoms with Crippen LogP contribution in [0.25, 0.3) is 17.1 Å². The molecular weight excluding hydrogens is 396 g/mol. The van der Waals surface area contributed by atoms with Gasteiger partial charge in [-0.2, -0.15) is 0 Å². The molecule has 3 rings (SSSR count). The van der Waals surface area contributed by atoms with Crippen LogP contribution in [0, 0.1) is 0 Å². The highest BCUT2D eigenvalue weighted by molar-refractivity contribution is 7.99. The lowest BCUT2D eigenvalue weighted by atomic mass is 10.2. The van der Waals surface area contributed by atoms with E-state index in [9.17, 15) is 4.79 Å². The van der Waals surface area contributed by atoms with Crippen LogP contribution in [0.2, 0.25) is 0 Å². The molecular formula is C23H28N4O2S. The Kier molecular flexibility index (Phi) is 7.15. The topological polar surface area (TPSA) is 60.3 Å². The van der Waals surface area contributed by atoms with E-state index in [1.807, 2.05) is 91.8 Å². The van der Waals surface area contributed by atoms with E-state index in [0.29, 0.717) is 16.7 Å². The molecule has 0 fully saturated rings. The van der Waals surface area contributed by atoms with E-state index in [1.165, 1.54) is 11.8 Å². The van der Waals surface area contributed by atoms with Gasteiger partial charge >= 0.3 is 0 Å². The summed E-state index contributed by atoms with van der Waals surface area (Å²) >= 11 is 1.41. The number of para-hydroxylation sites is 1. The van der Waals surface area contributed by atoms with Crippen LogP contribution in [0.3, 0.4) is 0 Å². The molecule has 0 saturated carbocycles. The standard InChI is InChI=1S/C23H28N4O2S/c1-16(2)26(17(3)4)21(28)15-30-23-25-24-22(18-10-9-13-20(14-18)29-5)27(23)19-11-7-6-8-12-19/h6-14,16-17H,15H2,1-5H3. The molecule has 3 aromatic rings. The Morgan fingerprint density at radius 1 is 1.03 bits per heavy atom. The Balaban J connectivity index is 1.95. The molecule has 0 atom stereocenters. The van der Waals surface area contributed by atoms with Gasteiger partial charge in [0.15, 0.2) is 11.0 Å². The highest BCUT2D eigenvalue weighted by Gasteiger charge is 2.22. The Hall–Kier alpha value is -2.80.